The number of benzene rings is 4. The Hall–Kier alpha value is -4.46. The van der Waals surface area contributed by atoms with Crippen molar-refractivity contribution in [2.45, 2.75) is 0 Å². The molecule has 0 aromatic heterocycles. The first-order valence-electron chi connectivity index (χ1n) is 12.3. The SMILES string of the molecule is Fc1ccc(N2CCN(c3ccc(F)cc3)C2=C2N(c3ccc(F)cc3)CCN2c2ccc(F)cc2)cc1. The van der Waals surface area contributed by atoms with Crippen LogP contribution >= 0.6 is 0 Å². The molecule has 0 atom stereocenters. The van der Waals surface area contributed by atoms with Crippen molar-refractivity contribution in [3.63, 3.8) is 0 Å². The van der Waals surface area contributed by atoms with Crippen LogP contribution in [-0.4, -0.2) is 26.2 Å². The van der Waals surface area contributed by atoms with E-state index in [9.17, 15) is 17.6 Å². The van der Waals surface area contributed by atoms with Gasteiger partial charge in [-0.2, -0.15) is 0 Å². The van der Waals surface area contributed by atoms with E-state index in [-0.39, 0.29) is 23.3 Å². The second-order valence-corrected chi connectivity index (χ2v) is 9.16. The van der Waals surface area contributed by atoms with Crippen LogP contribution in [0.25, 0.3) is 0 Å². The predicted octanol–water partition coefficient (Wildman–Crippen LogP) is 6.72. The van der Waals surface area contributed by atoms with Crippen LogP contribution in [0.15, 0.2) is 109 Å². The molecular formula is C30H24F4N4. The Morgan fingerprint density at radius 3 is 0.684 bits per heavy atom. The molecule has 8 heteroatoms. The Kier molecular flexibility index (Phi) is 6.15. The summed E-state index contributed by atoms with van der Waals surface area (Å²) in [6, 6.07) is 25.2. The van der Waals surface area contributed by atoms with Crippen molar-refractivity contribution in [2.24, 2.45) is 0 Å². The lowest BCUT2D eigenvalue weighted by Crippen LogP contribution is -2.34. The first-order chi connectivity index (χ1) is 18.5. The molecule has 0 unspecified atom stereocenters. The molecule has 2 saturated heterocycles. The van der Waals surface area contributed by atoms with Gasteiger partial charge in [0.2, 0.25) is 0 Å². The maximum atomic E-state index is 13.8. The van der Waals surface area contributed by atoms with E-state index in [4.69, 9.17) is 0 Å². The van der Waals surface area contributed by atoms with Crippen LogP contribution in [0.5, 0.6) is 0 Å². The lowest BCUT2D eigenvalue weighted by atomic mass is 10.2. The molecule has 0 aliphatic carbocycles. The molecule has 192 valence electrons. The van der Waals surface area contributed by atoms with Crippen molar-refractivity contribution in [1.82, 2.24) is 0 Å². The van der Waals surface area contributed by atoms with Gasteiger partial charge in [-0.1, -0.05) is 0 Å². The summed E-state index contributed by atoms with van der Waals surface area (Å²) in [5.74, 6) is 0.265. The van der Waals surface area contributed by atoms with Gasteiger partial charge in [0.15, 0.2) is 11.6 Å². The molecule has 2 aliphatic heterocycles. The highest BCUT2D eigenvalue weighted by molar-refractivity contribution is 5.73. The lowest BCUT2D eigenvalue weighted by molar-refractivity contribution is 0.627. The lowest BCUT2D eigenvalue weighted by Gasteiger charge is -2.33. The fourth-order valence-electron chi connectivity index (χ4n) is 5.09. The van der Waals surface area contributed by atoms with Gasteiger partial charge >= 0.3 is 0 Å². The monoisotopic (exact) mass is 516 g/mol. The van der Waals surface area contributed by atoms with E-state index in [1.54, 1.807) is 48.5 Å². The minimum atomic E-state index is -0.334. The van der Waals surface area contributed by atoms with Crippen molar-refractivity contribution in [3.05, 3.63) is 132 Å². The highest BCUT2D eigenvalue weighted by Gasteiger charge is 2.38. The van der Waals surface area contributed by atoms with Gasteiger partial charge in [0.1, 0.15) is 23.3 Å². The number of rotatable bonds is 4. The van der Waals surface area contributed by atoms with E-state index in [2.05, 4.69) is 19.6 Å². The molecule has 2 aliphatic rings. The van der Waals surface area contributed by atoms with E-state index in [0.29, 0.717) is 26.2 Å². The molecule has 4 aromatic rings. The third-order valence-electron chi connectivity index (χ3n) is 6.87. The summed E-state index contributed by atoms with van der Waals surface area (Å²) in [7, 11) is 0. The van der Waals surface area contributed by atoms with E-state index < -0.39 is 0 Å². The maximum absolute atomic E-state index is 13.8. The second kappa shape index (κ2) is 9.78. The normalized spacial score (nSPS) is 15.7. The van der Waals surface area contributed by atoms with E-state index in [1.165, 1.54) is 48.5 Å². The number of nitrogens with zero attached hydrogens (tertiary/aromatic N) is 4. The Bertz CT molecular complexity index is 1230. The van der Waals surface area contributed by atoms with Crippen LogP contribution in [0.3, 0.4) is 0 Å². The zero-order chi connectivity index (χ0) is 26.2. The Labute approximate surface area is 218 Å². The summed E-state index contributed by atoms with van der Waals surface area (Å²) in [5.41, 5.74) is 3.18. The maximum Gasteiger partial charge on any atom is 0.156 e. The molecule has 0 bridgehead atoms. The van der Waals surface area contributed by atoms with Gasteiger partial charge in [0.25, 0.3) is 0 Å². The molecular weight excluding hydrogens is 492 g/mol. The molecule has 0 amide bonds. The number of anilines is 4. The standard InChI is InChI=1S/C30H24F4N4/c31-21-1-9-25(10-2-21)35-17-18-36(26-11-3-22(32)4-12-26)29(35)30-37(27-13-5-23(33)6-14-27)19-20-38(30)28-15-7-24(34)8-16-28/h1-16H,17-20H2. The third kappa shape index (κ3) is 4.42. The summed E-state index contributed by atoms with van der Waals surface area (Å²) in [5, 5.41) is 0. The van der Waals surface area contributed by atoms with Crippen molar-refractivity contribution in [2.75, 3.05) is 45.8 Å². The zero-order valence-corrected chi connectivity index (χ0v) is 20.4. The Morgan fingerprint density at radius 1 is 0.316 bits per heavy atom. The van der Waals surface area contributed by atoms with E-state index >= 15 is 0 Å². The molecule has 2 fully saturated rings. The second-order valence-electron chi connectivity index (χ2n) is 9.16. The van der Waals surface area contributed by atoms with Crippen molar-refractivity contribution in [1.29, 1.82) is 0 Å². The van der Waals surface area contributed by atoms with Crippen LogP contribution < -0.4 is 19.6 Å². The van der Waals surface area contributed by atoms with Gasteiger partial charge in [-0.25, -0.2) is 17.6 Å². The summed E-state index contributed by atoms with van der Waals surface area (Å²) in [6.07, 6.45) is 0. The van der Waals surface area contributed by atoms with E-state index in [0.717, 1.165) is 34.4 Å². The minimum Gasteiger partial charge on any atom is -0.323 e. The molecule has 38 heavy (non-hydrogen) atoms. The Morgan fingerprint density at radius 2 is 0.500 bits per heavy atom. The highest BCUT2D eigenvalue weighted by Crippen LogP contribution is 2.40. The molecule has 2 heterocycles. The summed E-state index contributed by atoms with van der Waals surface area (Å²) >= 11 is 0. The molecule has 0 saturated carbocycles. The van der Waals surface area contributed by atoms with Gasteiger partial charge < -0.3 is 19.6 Å². The molecule has 0 radical (unpaired) electrons. The van der Waals surface area contributed by atoms with Crippen molar-refractivity contribution < 1.29 is 17.6 Å². The molecule has 0 spiro atoms. The van der Waals surface area contributed by atoms with Gasteiger partial charge in [0.05, 0.1) is 0 Å². The average molecular weight is 517 g/mol. The van der Waals surface area contributed by atoms with Gasteiger partial charge in [-0.15, -0.1) is 0 Å². The van der Waals surface area contributed by atoms with Crippen LogP contribution in [0.4, 0.5) is 40.3 Å². The largest absolute Gasteiger partial charge is 0.323 e. The molecule has 4 nitrogen and oxygen atoms in total. The zero-order valence-electron chi connectivity index (χ0n) is 20.4. The summed E-state index contributed by atoms with van der Waals surface area (Å²) in [4.78, 5) is 8.37. The minimum absolute atomic E-state index is 0.334. The summed E-state index contributed by atoms with van der Waals surface area (Å²) < 4.78 is 55.3. The number of hydrogen-bond acceptors (Lipinski definition) is 4. The first-order valence-corrected chi connectivity index (χ1v) is 12.3. The molecule has 4 aromatic carbocycles. The van der Waals surface area contributed by atoms with Crippen molar-refractivity contribution in [3.8, 4) is 0 Å². The number of hydrogen-bond donors (Lipinski definition) is 0. The fourth-order valence-corrected chi connectivity index (χ4v) is 5.09. The molecule has 0 N–H and O–H groups in total. The van der Waals surface area contributed by atoms with Crippen molar-refractivity contribution >= 4 is 22.7 Å². The predicted molar refractivity (Wildman–Crippen MR) is 142 cm³/mol. The molecule has 6 rings (SSSR count). The third-order valence-corrected chi connectivity index (χ3v) is 6.87. The van der Waals surface area contributed by atoms with Crippen LogP contribution in [-0.2, 0) is 0 Å². The van der Waals surface area contributed by atoms with Crippen LogP contribution in [0.1, 0.15) is 0 Å². The first kappa shape index (κ1) is 23.9. The smallest absolute Gasteiger partial charge is 0.156 e. The van der Waals surface area contributed by atoms with Crippen LogP contribution in [0.2, 0.25) is 0 Å². The number of halogens is 4. The highest BCUT2D eigenvalue weighted by atomic mass is 19.1. The van der Waals surface area contributed by atoms with E-state index in [1.807, 2.05) is 0 Å². The average Bonchev–Trinajstić information content (AvgIpc) is 3.55. The topological polar surface area (TPSA) is 13.0 Å². The quantitative estimate of drug-likeness (QED) is 0.279. The van der Waals surface area contributed by atoms with Gasteiger partial charge in [-0.05, 0) is 97.1 Å². The van der Waals surface area contributed by atoms with Gasteiger partial charge in [-0.3, -0.25) is 0 Å². The Balaban J connectivity index is 1.58. The van der Waals surface area contributed by atoms with Crippen LogP contribution in [0, 0.1) is 23.3 Å². The summed E-state index contributed by atoms with van der Waals surface area (Å²) in [6.45, 7) is 2.37. The van der Waals surface area contributed by atoms with Gasteiger partial charge in [0, 0.05) is 48.9 Å². The fraction of sp³-hybridized carbons (Fsp3) is 0.133.